The molecule has 0 radical (unpaired) electrons. The van der Waals surface area contributed by atoms with Crippen LogP contribution in [0.4, 0.5) is 16.2 Å². The minimum absolute atomic E-state index is 0.00362. The van der Waals surface area contributed by atoms with E-state index in [-0.39, 0.29) is 18.0 Å². The lowest BCUT2D eigenvalue weighted by molar-refractivity contribution is -0.117. The van der Waals surface area contributed by atoms with Crippen LogP contribution in [0, 0.1) is 0 Å². The Morgan fingerprint density at radius 3 is 2.39 bits per heavy atom. The summed E-state index contributed by atoms with van der Waals surface area (Å²) in [5, 5.41) is 6.48. The number of urea groups is 1. The molecule has 4 rings (SSSR count). The van der Waals surface area contributed by atoms with E-state index < -0.39 is 0 Å². The minimum atomic E-state index is -0.223. The van der Waals surface area contributed by atoms with Crippen LogP contribution in [-0.2, 0) is 4.79 Å². The Balaban J connectivity index is 1.15. The third-order valence-corrected chi connectivity index (χ3v) is 6.06. The van der Waals surface area contributed by atoms with Crippen LogP contribution < -0.4 is 20.4 Å². The second kappa shape index (κ2) is 10.0. The van der Waals surface area contributed by atoms with Crippen LogP contribution in [0.5, 0.6) is 0 Å². The van der Waals surface area contributed by atoms with Crippen LogP contribution in [0.3, 0.4) is 0 Å². The molecule has 2 aromatic carbocycles. The van der Waals surface area contributed by atoms with Gasteiger partial charge in [0.25, 0.3) is 0 Å². The number of carbonyl (C=O) groups excluding carboxylic acids is 2. The van der Waals surface area contributed by atoms with E-state index in [0.717, 1.165) is 38.4 Å². The summed E-state index contributed by atoms with van der Waals surface area (Å²) in [5.41, 5.74) is 2.06. The minimum Gasteiger partial charge on any atom is -0.369 e. The van der Waals surface area contributed by atoms with E-state index in [9.17, 15) is 9.59 Å². The van der Waals surface area contributed by atoms with Crippen molar-refractivity contribution in [2.24, 2.45) is 0 Å². The zero-order valence-electron chi connectivity index (χ0n) is 17.5. The smallest absolute Gasteiger partial charge is 0.315 e. The van der Waals surface area contributed by atoms with Gasteiger partial charge in [-0.15, -0.1) is 0 Å². The van der Waals surface area contributed by atoms with Gasteiger partial charge in [-0.25, -0.2) is 4.79 Å². The number of hydrogen-bond donors (Lipinski definition) is 2. The van der Waals surface area contributed by atoms with Gasteiger partial charge in [0.05, 0.1) is 6.04 Å². The van der Waals surface area contributed by atoms with Crippen molar-refractivity contribution in [2.45, 2.75) is 12.5 Å². The first-order chi connectivity index (χ1) is 15.1. The summed E-state index contributed by atoms with van der Waals surface area (Å²) in [6.07, 6.45) is 0.303. The lowest BCUT2D eigenvalue weighted by Gasteiger charge is -2.36. The molecule has 2 saturated heterocycles. The molecule has 2 aliphatic rings. The lowest BCUT2D eigenvalue weighted by atomic mass is 10.2. The van der Waals surface area contributed by atoms with Gasteiger partial charge in [-0.2, -0.15) is 0 Å². The zero-order chi connectivity index (χ0) is 21.6. The summed E-state index contributed by atoms with van der Waals surface area (Å²) in [7, 11) is 0. The molecule has 1 atom stereocenters. The largest absolute Gasteiger partial charge is 0.369 e. The molecular formula is C23H28ClN5O2. The van der Waals surface area contributed by atoms with Gasteiger partial charge < -0.3 is 20.4 Å². The van der Waals surface area contributed by atoms with Gasteiger partial charge in [-0.3, -0.25) is 9.69 Å². The number of carbonyl (C=O) groups is 2. The normalized spacial score (nSPS) is 19.5. The second-order valence-electron chi connectivity index (χ2n) is 7.95. The van der Waals surface area contributed by atoms with Gasteiger partial charge in [0, 0.05) is 68.6 Å². The molecular weight excluding hydrogens is 414 g/mol. The number of nitrogens with zero attached hydrogens (tertiary/aromatic N) is 3. The van der Waals surface area contributed by atoms with Crippen molar-refractivity contribution < 1.29 is 9.59 Å². The molecule has 2 aliphatic heterocycles. The molecule has 7 nitrogen and oxygen atoms in total. The Hall–Kier alpha value is -2.77. The Kier molecular flexibility index (Phi) is 6.94. The van der Waals surface area contributed by atoms with E-state index in [1.165, 1.54) is 5.69 Å². The maximum atomic E-state index is 12.3. The molecule has 1 unspecified atom stereocenters. The molecule has 0 aliphatic carbocycles. The van der Waals surface area contributed by atoms with Crippen LogP contribution in [0.1, 0.15) is 6.42 Å². The average Bonchev–Trinajstić information content (AvgIpc) is 3.15. The molecule has 8 heteroatoms. The van der Waals surface area contributed by atoms with Crippen molar-refractivity contribution in [2.75, 3.05) is 55.6 Å². The Morgan fingerprint density at radius 1 is 0.968 bits per heavy atom. The number of benzene rings is 2. The van der Waals surface area contributed by atoms with E-state index in [1.54, 1.807) is 17.0 Å². The number of halogens is 1. The van der Waals surface area contributed by atoms with E-state index in [2.05, 4.69) is 44.7 Å². The van der Waals surface area contributed by atoms with Crippen LogP contribution in [-0.4, -0.2) is 68.7 Å². The topological polar surface area (TPSA) is 67.9 Å². The van der Waals surface area contributed by atoms with E-state index in [4.69, 9.17) is 11.6 Å². The van der Waals surface area contributed by atoms with E-state index in [1.807, 2.05) is 18.2 Å². The van der Waals surface area contributed by atoms with Crippen molar-refractivity contribution in [3.63, 3.8) is 0 Å². The first-order valence-corrected chi connectivity index (χ1v) is 11.1. The highest BCUT2D eigenvalue weighted by Crippen LogP contribution is 2.23. The Morgan fingerprint density at radius 2 is 1.68 bits per heavy atom. The fourth-order valence-corrected chi connectivity index (χ4v) is 4.23. The first-order valence-electron chi connectivity index (χ1n) is 10.7. The number of hydrogen-bond acceptors (Lipinski definition) is 4. The summed E-state index contributed by atoms with van der Waals surface area (Å²) in [6, 6.07) is 17.2. The molecule has 0 saturated carbocycles. The number of rotatable bonds is 6. The van der Waals surface area contributed by atoms with Gasteiger partial charge in [-0.05, 0) is 36.4 Å². The number of nitrogens with one attached hydrogen (secondary N) is 2. The lowest BCUT2D eigenvalue weighted by Crippen LogP contribution is -2.50. The van der Waals surface area contributed by atoms with Gasteiger partial charge in [0.15, 0.2) is 0 Å². The highest BCUT2D eigenvalue weighted by Gasteiger charge is 2.31. The fraction of sp³-hybridized carbons (Fsp3) is 0.391. The third-order valence-electron chi connectivity index (χ3n) is 5.81. The SMILES string of the molecule is O=C(NCCN1CCN(c2ccccc2)CC1)NC1CC(=O)N(c2ccc(Cl)cc2)C1. The predicted octanol–water partition coefficient (Wildman–Crippen LogP) is 2.57. The molecule has 0 spiro atoms. The average molecular weight is 442 g/mol. The molecule has 31 heavy (non-hydrogen) atoms. The summed E-state index contributed by atoms with van der Waals surface area (Å²) < 4.78 is 0. The molecule has 2 aromatic rings. The van der Waals surface area contributed by atoms with E-state index >= 15 is 0 Å². The van der Waals surface area contributed by atoms with Crippen molar-refractivity contribution in [3.05, 3.63) is 59.6 Å². The summed E-state index contributed by atoms with van der Waals surface area (Å²) >= 11 is 5.92. The molecule has 2 N–H and O–H groups in total. The molecule has 0 bridgehead atoms. The molecule has 0 aromatic heterocycles. The van der Waals surface area contributed by atoms with Gasteiger partial charge in [0.2, 0.25) is 5.91 Å². The fourth-order valence-electron chi connectivity index (χ4n) is 4.11. The van der Waals surface area contributed by atoms with Crippen LogP contribution in [0.15, 0.2) is 54.6 Å². The van der Waals surface area contributed by atoms with Crippen molar-refractivity contribution in [3.8, 4) is 0 Å². The standard InChI is InChI=1S/C23H28ClN5O2/c24-18-6-8-21(9-7-18)29-17-19(16-22(29)30)26-23(31)25-10-11-27-12-14-28(15-13-27)20-4-2-1-3-5-20/h1-9,19H,10-17H2,(H2,25,26,31). The number of piperazine rings is 1. The van der Waals surface area contributed by atoms with Crippen molar-refractivity contribution >= 4 is 34.9 Å². The second-order valence-corrected chi connectivity index (χ2v) is 8.38. The predicted molar refractivity (Wildman–Crippen MR) is 124 cm³/mol. The maximum absolute atomic E-state index is 12.3. The van der Waals surface area contributed by atoms with E-state index in [0.29, 0.717) is 24.5 Å². The number of para-hydroxylation sites is 1. The maximum Gasteiger partial charge on any atom is 0.315 e. The van der Waals surface area contributed by atoms with Crippen LogP contribution in [0.2, 0.25) is 5.02 Å². The quantitative estimate of drug-likeness (QED) is 0.723. The highest BCUT2D eigenvalue weighted by atomic mass is 35.5. The van der Waals surface area contributed by atoms with Crippen molar-refractivity contribution in [1.29, 1.82) is 0 Å². The molecule has 2 heterocycles. The first kappa shape index (κ1) is 21.5. The summed E-state index contributed by atoms with van der Waals surface area (Å²) in [4.78, 5) is 31.0. The molecule has 2 fully saturated rings. The molecule has 164 valence electrons. The van der Waals surface area contributed by atoms with Gasteiger partial charge in [-0.1, -0.05) is 29.8 Å². The third kappa shape index (κ3) is 5.68. The Labute approximate surface area is 187 Å². The summed E-state index contributed by atoms with van der Waals surface area (Å²) in [5.74, 6) is 0.00362. The number of amides is 3. The molecule has 3 amide bonds. The highest BCUT2D eigenvalue weighted by molar-refractivity contribution is 6.30. The Bertz CT molecular complexity index is 885. The van der Waals surface area contributed by atoms with Gasteiger partial charge >= 0.3 is 6.03 Å². The summed E-state index contributed by atoms with van der Waals surface area (Å²) in [6.45, 7) is 5.79. The number of anilines is 2. The van der Waals surface area contributed by atoms with Crippen LogP contribution >= 0.6 is 11.6 Å². The van der Waals surface area contributed by atoms with Crippen molar-refractivity contribution in [1.82, 2.24) is 15.5 Å². The van der Waals surface area contributed by atoms with Gasteiger partial charge in [0.1, 0.15) is 0 Å². The van der Waals surface area contributed by atoms with Crippen LogP contribution in [0.25, 0.3) is 0 Å². The zero-order valence-corrected chi connectivity index (χ0v) is 18.2. The monoisotopic (exact) mass is 441 g/mol.